The van der Waals surface area contributed by atoms with Crippen LogP contribution >= 0.6 is 11.6 Å². The molecule has 0 unspecified atom stereocenters. The van der Waals surface area contributed by atoms with Crippen LogP contribution < -0.4 is 0 Å². The van der Waals surface area contributed by atoms with Crippen molar-refractivity contribution in [2.24, 2.45) is 0 Å². The molecule has 1 aromatic carbocycles. The first kappa shape index (κ1) is 14.8. The van der Waals surface area contributed by atoms with Crippen LogP contribution in [0.25, 0.3) is 6.08 Å². The van der Waals surface area contributed by atoms with Gasteiger partial charge in [-0.2, -0.15) is 0 Å². The summed E-state index contributed by atoms with van der Waals surface area (Å²) in [6.07, 6.45) is 4.02. The van der Waals surface area contributed by atoms with Crippen molar-refractivity contribution in [2.45, 2.75) is 26.7 Å². The van der Waals surface area contributed by atoms with E-state index >= 15 is 0 Å². The molecule has 0 saturated carbocycles. The molecule has 1 amide bonds. The summed E-state index contributed by atoms with van der Waals surface area (Å²) in [4.78, 5) is 13.8. The van der Waals surface area contributed by atoms with Crippen LogP contribution in [0.5, 0.6) is 0 Å². The molecule has 0 aliphatic heterocycles. The van der Waals surface area contributed by atoms with Crippen molar-refractivity contribution < 1.29 is 4.79 Å². The minimum atomic E-state index is 0.0819. The maximum absolute atomic E-state index is 12.1. The van der Waals surface area contributed by atoms with E-state index in [1.165, 1.54) is 0 Å². The maximum Gasteiger partial charge on any atom is 0.249 e. The third-order valence-corrected chi connectivity index (χ3v) is 3.04. The molecule has 98 valence electrons. The Morgan fingerprint density at radius 3 is 2.50 bits per heavy atom. The number of rotatable bonds is 5. The highest BCUT2D eigenvalue weighted by molar-refractivity contribution is 6.30. The van der Waals surface area contributed by atoms with E-state index in [9.17, 15) is 4.79 Å². The molecule has 0 radical (unpaired) electrons. The zero-order valence-corrected chi connectivity index (χ0v) is 12.0. The highest BCUT2D eigenvalue weighted by Gasteiger charge is 2.09. The molecule has 18 heavy (non-hydrogen) atoms. The molecule has 2 nitrogen and oxygen atoms in total. The van der Waals surface area contributed by atoms with E-state index in [0.717, 1.165) is 30.5 Å². The van der Waals surface area contributed by atoms with E-state index in [4.69, 9.17) is 11.6 Å². The monoisotopic (exact) mass is 265 g/mol. The van der Waals surface area contributed by atoms with Crippen molar-refractivity contribution in [1.29, 1.82) is 0 Å². The predicted octanol–water partition coefficient (Wildman–Crippen LogP) is 4.00. The van der Waals surface area contributed by atoms with Gasteiger partial charge in [-0.15, -0.1) is 0 Å². The van der Waals surface area contributed by atoms with E-state index in [1.807, 2.05) is 44.3 Å². The van der Waals surface area contributed by atoms with Gasteiger partial charge in [-0.3, -0.25) is 4.79 Å². The van der Waals surface area contributed by atoms with Gasteiger partial charge in [0.25, 0.3) is 0 Å². The number of carbonyl (C=O) groups is 1. The van der Waals surface area contributed by atoms with Crippen molar-refractivity contribution >= 4 is 23.6 Å². The predicted molar refractivity (Wildman–Crippen MR) is 77.6 cm³/mol. The number of unbranched alkanes of at least 4 members (excludes halogenated alkanes) is 1. The van der Waals surface area contributed by atoms with E-state index in [0.29, 0.717) is 5.02 Å². The number of amides is 1. The Balaban J connectivity index is 2.70. The van der Waals surface area contributed by atoms with Gasteiger partial charge in [0.05, 0.1) is 0 Å². The second kappa shape index (κ2) is 7.22. The molecular weight excluding hydrogens is 246 g/mol. The lowest BCUT2D eigenvalue weighted by Gasteiger charge is -2.17. The molecule has 1 aromatic rings. The normalized spacial score (nSPS) is 11.4. The fraction of sp³-hybridized carbons (Fsp3) is 0.400. The van der Waals surface area contributed by atoms with E-state index in [-0.39, 0.29) is 5.91 Å². The van der Waals surface area contributed by atoms with Gasteiger partial charge in [-0.25, -0.2) is 0 Å². The Hall–Kier alpha value is -1.28. The summed E-state index contributed by atoms with van der Waals surface area (Å²) in [5.74, 6) is 0.0819. The number of hydrogen-bond donors (Lipinski definition) is 0. The quantitative estimate of drug-likeness (QED) is 0.737. The first-order valence-corrected chi connectivity index (χ1v) is 6.61. The van der Waals surface area contributed by atoms with E-state index < -0.39 is 0 Å². The smallest absolute Gasteiger partial charge is 0.249 e. The van der Waals surface area contributed by atoms with Gasteiger partial charge in [0, 0.05) is 24.2 Å². The molecule has 0 fully saturated rings. The van der Waals surface area contributed by atoms with Crippen LogP contribution in [0.4, 0.5) is 0 Å². The van der Waals surface area contributed by atoms with Crippen LogP contribution in [0.3, 0.4) is 0 Å². The van der Waals surface area contributed by atoms with Crippen LogP contribution in [0.1, 0.15) is 32.3 Å². The van der Waals surface area contributed by atoms with Crippen LogP contribution in [0, 0.1) is 0 Å². The summed E-state index contributed by atoms with van der Waals surface area (Å²) in [6.45, 7) is 4.77. The third-order valence-electron chi connectivity index (χ3n) is 2.78. The molecule has 0 aromatic heterocycles. The molecule has 0 aliphatic rings. The molecule has 0 N–H and O–H groups in total. The topological polar surface area (TPSA) is 20.3 Å². The van der Waals surface area contributed by atoms with Gasteiger partial charge in [-0.05, 0) is 37.1 Å². The molecule has 0 aliphatic carbocycles. The number of likely N-dealkylation sites (N-methyl/N-ethyl adjacent to an activating group) is 1. The molecular formula is C15H20ClNO. The summed E-state index contributed by atoms with van der Waals surface area (Å²) in [5.41, 5.74) is 1.74. The van der Waals surface area contributed by atoms with E-state index in [1.54, 1.807) is 4.90 Å². The SMILES string of the molecule is CCCCN(C)C(=O)/C(C)=C/c1ccc(Cl)cc1. The average molecular weight is 266 g/mol. The van der Waals surface area contributed by atoms with Crippen molar-refractivity contribution in [2.75, 3.05) is 13.6 Å². The van der Waals surface area contributed by atoms with Crippen LogP contribution in [0.15, 0.2) is 29.8 Å². The molecule has 0 atom stereocenters. The number of nitrogens with zero attached hydrogens (tertiary/aromatic N) is 1. The second-order valence-corrected chi connectivity index (χ2v) is 4.90. The molecule has 0 bridgehead atoms. The summed E-state index contributed by atoms with van der Waals surface area (Å²) in [7, 11) is 1.84. The first-order valence-electron chi connectivity index (χ1n) is 6.24. The number of hydrogen-bond acceptors (Lipinski definition) is 1. The molecule has 1 rings (SSSR count). The van der Waals surface area contributed by atoms with Crippen LogP contribution in [0.2, 0.25) is 5.02 Å². The minimum Gasteiger partial charge on any atom is -0.342 e. The van der Waals surface area contributed by atoms with Crippen molar-refractivity contribution in [3.8, 4) is 0 Å². The molecule has 0 saturated heterocycles. The summed E-state index contributed by atoms with van der Waals surface area (Å²) < 4.78 is 0. The van der Waals surface area contributed by atoms with E-state index in [2.05, 4.69) is 6.92 Å². The van der Waals surface area contributed by atoms with Crippen LogP contribution in [-0.4, -0.2) is 24.4 Å². The van der Waals surface area contributed by atoms with Gasteiger partial charge in [0.1, 0.15) is 0 Å². The van der Waals surface area contributed by atoms with Gasteiger partial charge in [-0.1, -0.05) is 37.1 Å². The minimum absolute atomic E-state index is 0.0819. The van der Waals surface area contributed by atoms with Crippen molar-refractivity contribution in [3.63, 3.8) is 0 Å². The summed E-state index contributed by atoms with van der Waals surface area (Å²) in [5, 5.41) is 0.705. The average Bonchev–Trinajstić information content (AvgIpc) is 2.37. The lowest BCUT2D eigenvalue weighted by Crippen LogP contribution is -2.28. The maximum atomic E-state index is 12.1. The van der Waals surface area contributed by atoms with Crippen molar-refractivity contribution in [3.05, 3.63) is 40.4 Å². The zero-order valence-electron chi connectivity index (χ0n) is 11.2. The Kier molecular flexibility index (Phi) is 5.93. The van der Waals surface area contributed by atoms with Gasteiger partial charge >= 0.3 is 0 Å². The first-order chi connectivity index (χ1) is 8.54. The van der Waals surface area contributed by atoms with Gasteiger partial charge in [0.2, 0.25) is 5.91 Å². The number of benzene rings is 1. The largest absolute Gasteiger partial charge is 0.342 e. The second-order valence-electron chi connectivity index (χ2n) is 4.46. The Morgan fingerprint density at radius 1 is 1.33 bits per heavy atom. The summed E-state index contributed by atoms with van der Waals surface area (Å²) in [6, 6.07) is 7.47. The fourth-order valence-electron chi connectivity index (χ4n) is 1.67. The fourth-order valence-corrected chi connectivity index (χ4v) is 1.79. The standard InChI is InChI=1S/C15H20ClNO/c1-4-5-10-17(3)15(18)12(2)11-13-6-8-14(16)9-7-13/h6-9,11H,4-5,10H2,1-3H3/b12-11+. The lowest BCUT2D eigenvalue weighted by atomic mass is 10.1. The zero-order chi connectivity index (χ0) is 13.5. The molecule has 3 heteroatoms. The van der Waals surface area contributed by atoms with Gasteiger partial charge in [0.15, 0.2) is 0 Å². The van der Waals surface area contributed by atoms with Gasteiger partial charge < -0.3 is 4.90 Å². The van der Waals surface area contributed by atoms with Crippen LogP contribution in [-0.2, 0) is 4.79 Å². The Labute approximate surface area is 114 Å². The number of carbonyl (C=O) groups excluding carboxylic acids is 1. The molecule has 0 heterocycles. The lowest BCUT2D eigenvalue weighted by molar-refractivity contribution is -0.125. The highest BCUT2D eigenvalue weighted by atomic mass is 35.5. The Bertz CT molecular complexity index is 423. The Morgan fingerprint density at radius 2 is 1.94 bits per heavy atom. The summed E-state index contributed by atoms with van der Waals surface area (Å²) >= 11 is 5.82. The third kappa shape index (κ3) is 4.53. The number of halogens is 1. The van der Waals surface area contributed by atoms with Crippen molar-refractivity contribution in [1.82, 2.24) is 4.90 Å². The molecule has 0 spiro atoms. The highest BCUT2D eigenvalue weighted by Crippen LogP contribution is 2.13.